The van der Waals surface area contributed by atoms with Gasteiger partial charge in [-0.25, -0.2) is 4.98 Å². The summed E-state index contributed by atoms with van der Waals surface area (Å²) in [6.07, 6.45) is 0. The van der Waals surface area contributed by atoms with Crippen LogP contribution < -0.4 is 5.32 Å². The molecule has 2 N–H and O–H groups in total. The Morgan fingerprint density at radius 2 is 2.36 bits per heavy atom. The molecule has 11 heavy (non-hydrogen) atoms. The van der Waals surface area contributed by atoms with Crippen LogP contribution in [0.1, 0.15) is 5.82 Å². The molecule has 1 aromatic rings. The Kier molecular flexibility index (Phi) is 1.83. The predicted molar refractivity (Wildman–Crippen MR) is 43.6 cm³/mol. The second kappa shape index (κ2) is 2.83. The first-order chi connectivity index (χ1) is 5.34. The van der Waals surface area contributed by atoms with Crippen molar-refractivity contribution in [2.24, 2.45) is 0 Å². The maximum Gasteiger partial charge on any atom is 0.208 e. The van der Waals surface area contributed by atoms with Crippen molar-refractivity contribution in [1.82, 2.24) is 20.5 Å². The molecular formula is C6H10N4S. The van der Waals surface area contributed by atoms with E-state index in [1.807, 2.05) is 6.92 Å². The molecular weight excluding hydrogens is 160 g/mol. The van der Waals surface area contributed by atoms with Crippen LogP contribution in [-0.2, 0) is 0 Å². The van der Waals surface area contributed by atoms with E-state index in [1.165, 1.54) is 0 Å². The molecule has 0 aromatic carbocycles. The lowest BCUT2D eigenvalue weighted by atomic mass is 10.3. The van der Waals surface area contributed by atoms with Gasteiger partial charge in [-0.1, -0.05) is 11.8 Å². The van der Waals surface area contributed by atoms with Gasteiger partial charge in [0, 0.05) is 18.3 Å². The largest absolute Gasteiger partial charge is 0.314 e. The summed E-state index contributed by atoms with van der Waals surface area (Å²) >= 11 is 1.74. The van der Waals surface area contributed by atoms with Gasteiger partial charge in [0.05, 0.1) is 0 Å². The van der Waals surface area contributed by atoms with Crippen molar-refractivity contribution in [2.45, 2.75) is 17.3 Å². The standard InChI is InChI=1S/C6H10N4S/c1-4-8-6(10-9-4)11-5-2-7-3-5/h5,7H,2-3H2,1H3,(H,8,9,10). The van der Waals surface area contributed by atoms with Crippen molar-refractivity contribution in [3.05, 3.63) is 5.82 Å². The Hall–Kier alpha value is -0.550. The fraction of sp³-hybridized carbons (Fsp3) is 0.667. The topological polar surface area (TPSA) is 53.6 Å². The molecule has 1 saturated heterocycles. The Morgan fingerprint density at radius 3 is 2.82 bits per heavy atom. The maximum atomic E-state index is 4.20. The molecule has 0 atom stereocenters. The summed E-state index contributed by atoms with van der Waals surface area (Å²) in [6, 6.07) is 0. The average molecular weight is 170 g/mol. The van der Waals surface area contributed by atoms with Gasteiger partial charge in [-0.05, 0) is 6.92 Å². The highest BCUT2D eigenvalue weighted by atomic mass is 32.2. The van der Waals surface area contributed by atoms with Gasteiger partial charge in [0.15, 0.2) is 0 Å². The molecule has 0 spiro atoms. The lowest BCUT2D eigenvalue weighted by Gasteiger charge is -2.24. The molecule has 1 aromatic heterocycles. The third kappa shape index (κ3) is 1.54. The molecule has 1 aliphatic rings. The molecule has 4 nitrogen and oxygen atoms in total. The van der Waals surface area contributed by atoms with Crippen molar-refractivity contribution in [2.75, 3.05) is 13.1 Å². The predicted octanol–water partition coefficient (Wildman–Crippen LogP) is 0.177. The van der Waals surface area contributed by atoms with E-state index in [-0.39, 0.29) is 0 Å². The second-order valence-corrected chi connectivity index (χ2v) is 3.87. The number of thioether (sulfide) groups is 1. The number of nitrogens with one attached hydrogen (secondary N) is 2. The molecule has 0 amide bonds. The molecule has 0 radical (unpaired) electrons. The molecule has 1 fully saturated rings. The van der Waals surface area contributed by atoms with E-state index < -0.39 is 0 Å². The SMILES string of the molecule is Cc1nc(SC2CNC2)n[nH]1. The van der Waals surface area contributed by atoms with Gasteiger partial charge in [-0.2, -0.15) is 0 Å². The number of rotatable bonds is 2. The summed E-state index contributed by atoms with van der Waals surface area (Å²) in [6.45, 7) is 4.08. The third-order valence-corrected chi connectivity index (χ3v) is 2.65. The number of hydrogen-bond acceptors (Lipinski definition) is 4. The Morgan fingerprint density at radius 1 is 1.55 bits per heavy atom. The Labute approximate surface area is 69.2 Å². The average Bonchev–Trinajstić information content (AvgIpc) is 2.27. The van der Waals surface area contributed by atoms with Gasteiger partial charge in [0.1, 0.15) is 5.82 Å². The van der Waals surface area contributed by atoms with Crippen LogP contribution >= 0.6 is 11.8 Å². The van der Waals surface area contributed by atoms with E-state index in [2.05, 4.69) is 20.5 Å². The van der Waals surface area contributed by atoms with Gasteiger partial charge in [0.2, 0.25) is 5.16 Å². The molecule has 1 aliphatic heterocycles. The molecule has 5 heteroatoms. The molecule has 0 unspecified atom stereocenters. The van der Waals surface area contributed by atoms with E-state index in [0.29, 0.717) is 5.25 Å². The molecule has 0 saturated carbocycles. The molecule has 0 bridgehead atoms. The van der Waals surface area contributed by atoms with Gasteiger partial charge in [0.25, 0.3) is 0 Å². The van der Waals surface area contributed by atoms with Crippen LogP contribution in [-0.4, -0.2) is 33.5 Å². The van der Waals surface area contributed by atoms with E-state index in [9.17, 15) is 0 Å². The normalized spacial score (nSPS) is 18.3. The Bertz CT molecular complexity index is 242. The zero-order valence-electron chi connectivity index (χ0n) is 6.29. The summed E-state index contributed by atoms with van der Waals surface area (Å²) in [5, 5.41) is 11.6. The van der Waals surface area contributed by atoms with Gasteiger partial charge < -0.3 is 5.32 Å². The minimum atomic E-state index is 0.671. The fourth-order valence-corrected chi connectivity index (χ4v) is 1.86. The minimum Gasteiger partial charge on any atom is -0.314 e. The third-order valence-electron chi connectivity index (χ3n) is 1.59. The van der Waals surface area contributed by atoms with Crippen molar-refractivity contribution < 1.29 is 0 Å². The summed E-state index contributed by atoms with van der Waals surface area (Å²) in [4.78, 5) is 4.20. The summed E-state index contributed by atoms with van der Waals surface area (Å²) in [7, 11) is 0. The van der Waals surface area contributed by atoms with Crippen LogP contribution in [0.3, 0.4) is 0 Å². The number of aromatic nitrogens is 3. The second-order valence-electron chi connectivity index (χ2n) is 2.60. The summed E-state index contributed by atoms with van der Waals surface area (Å²) in [5.41, 5.74) is 0. The highest BCUT2D eigenvalue weighted by Crippen LogP contribution is 2.21. The maximum absolute atomic E-state index is 4.20. The molecule has 2 rings (SSSR count). The molecule has 60 valence electrons. The van der Waals surface area contributed by atoms with E-state index in [0.717, 1.165) is 24.1 Å². The zero-order chi connectivity index (χ0) is 7.68. The van der Waals surface area contributed by atoms with Crippen LogP contribution in [0.2, 0.25) is 0 Å². The van der Waals surface area contributed by atoms with Gasteiger partial charge >= 0.3 is 0 Å². The number of H-pyrrole nitrogens is 1. The van der Waals surface area contributed by atoms with E-state index >= 15 is 0 Å². The summed E-state index contributed by atoms with van der Waals surface area (Å²) in [5.74, 6) is 0.889. The fourth-order valence-electron chi connectivity index (χ4n) is 0.869. The van der Waals surface area contributed by atoms with Crippen LogP contribution in [0.25, 0.3) is 0 Å². The van der Waals surface area contributed by atoms with E-state index in [1.54, 1.807) is 11.8 Å². The van der Waals surface area contributed by atoms with Crippen LogP contribution in [0.15, 0.2) is 5.16 Å². The first-order valence-corrected chi connectivity index (χ1v) is 4.49. The highest BCUT2D eigenvalue weighted by molar-refractivity contribution is 7.99. The van der Waals surface area contributed by atoms with Crippen LogP contribution in [0.5, 0.6) is 0 Å². The molecule has 2 heterocycles. The first-order valence-electron chi connectivity index (χ1n) is 3.61. The van der Waals surface area contributed by atoms with Gasteiger partial charge in [-0.3, -0.25) is 5.10 Å². The van der Waals surface area contributed by atoms with Crippen molar-refractivity contribution in [1.29, 1.82) is 0 Å². The lowest BCUT2D eigenvalue weighted by Crippen LogP contribution is -2.44. The van der Waals surface area contributed by atoms with E-state index in [4.69, 9.17) is 0 Å². The minimum absolute atomic E-state index is 0.671. The van der Waals surface area contributed by atoms with Crippen LogP contribution in [0.4, 0.5) is 0 Å². The number of aryl methyl sites for hydroxylation is 1. The Balaban J connectivity index is 1.95. The molecule has 0 aliphatic carbocycles. The quantitative estimate of drug-likeness (QED) is 0.664. The lowest BCUT2D eigenvalue weighted by molar-refractivity contribution is 0.542. The summed E-state index contributed by atoms with van der Waals surface area (Å²) < 4.78 is 0. The number of hydrogen-bond donors (Lipinski definition) is 2. The van der Waals surface area contributed by atoms with Crippen molar-refractivity contribution in [3.63, 3.8) is 0 Å². The van der Waals surface area contributed by atoms with Crippen LogP contribution in [0, 0.1) is 6.92 Å². The number of nitrogens with zero attached hydrogens (tertiary/aromatic N) is 2. The zero-order valence-corrected chi connectivity index (χ0v) is 7.11. The monoisotopic (exact) mass is 170 g/mol. The first kappa shape index (κ1) is 7.12. The van der Waals surface area contributed by atoms with Gasteiger partial charge in [-0.15, -0.1) is 5.10 Å². The smallest absolute Gasteiger partial charge is 0.208 e. The van der Waals surface area contributed by atoms with Crippen molar-refractivity contribution >= 4 is 11.8 Å². The number of aromatic amines is 1. The van der Waals surface area contributed by atoms with Crippen molar-refractivity contribution in [3.8, 4) is 0 Å². The highest BCUT2D eigenvalue weighted by Gasteiger charge is 2.19.